The highest BCUT2D eigenvalue weighted by Crippen LogP contribution is 2.31. The molecule has 3 aromatic heterocycles. The molecule has 0 saturated carbocycles. The number of thiazole rings is 1. The highest BCUT2D eigenvalue weighted by atomic mass is 32.1. The van der Waals surface area contributed by atoms with Gasteiger partial charge < -0.3 is 5.32 Å². The summed E-state index contributed by atoms with van der Waals surface area (Å²) in [7, 11) is 0. The van der Waals surface area contributed by atoms with E-state index in [0.29, 0.717) is 24.5 Å². The van der Waals surface area contributed by atoms with Gasteiger partial charge in [0.25, 0.3) is 0 Å². The molecule has 3 aromatic rings. The van der Waals surface area contributed by atoms with E-state index < -0.39 is 0 Å². The molecule has 8 heteroatoms. The number of carbonyl (C=O) groups excluding carboxylic acids is 1. The minimum Gasteiger partial charge on any atom is -0.302 e. The van der Waals surface area contributed by atoms with Gasteiger partial charge >= 0.3 is 0 Å². The second-order valence-electron chi connectivity index (χ2n) is 4.96. The quantitative estimate of drug-likeness (QED) is 0.751. The van der Waals surface area contributed by atoms with Crippen molar-refractivity contribution in [2.75, 3.05) is 5.32 Å². The third-order valence-electron chi connectivity index (χ3n) is 3.20. The van der Waals surface area contributed by atoms with Crippen LogP contribution in [0.2, 0.25) is 0 Å². The van der Waals surface area contributed by atoms with Crippen LogP contribution in [0.3, 0.4) is 0 Å². The molecule has 0 aliphatic carbocycles. The number of aromatic nitrogens is 5. The third kappa shape index (κ3) is 3.98. The Morgan fingerprint density at radius 1 is 1.39 bits per heavy atom. The van der Waals surface area contributed by atoms with Crippen molar-refractivity contribution in [2.24, 2.45) is 0 Å². The van der Waals surface area contributed by atoms with Gasteiger partial charge in [0, 0.05) is 19.2 Å². The maximum atomic E-state index is 12.0. The average Bonchev–Trinajstić information content (AvgIpc) is 3.18. The number of amides is 1. The molecule has 7 nitrogen and oxygen atoms in total. The molecule has 0 unspecified atom stereocenters. The van der Waals surface area contributed by atoms with Crippen LogP contribution in [-0.4, -0.2) is 30.6 Å². The number of rotatable bonds is 6. The first-order valence-corrected chi connectivity index (χ1v) is 8.05. The Bertz CT molecular complexity index is 769. The normalized spacial score (nSPS) is 10.7. The second kappa shape index (κ2) is 7.10. The van der Waals surface area contributed by atoms with Crippen molar-refractivity contribution >= 4 is 22.4 Å². The molecule has 23 heavy (non-hydrogen) atoms. The Balaban J connectivity index is 1.56. The Morgan fingerprint density at radius 2 is 2.30 bits per heavy atom. The van der Waals surface area contributed by atoms with E-state index in [4.69, 9.17) is 0 Å². The van der Waals surface area contributed by atoms with Crippen molar-refractivity contribution in [1.82, 2.24) is 24.7 Å². The summed E-state index contributed by atoms with van der Waals surface area (Å²) in [4.78, 5) is 25.6. The lowest BCUT2D eigenvalue weighted by Crippen LogP contribution is -2.12. The molecule has 0 aliphatic heterocycles. The summed E-state index contributed by atoms with van der Waals surface area (Å²) in [5, 5.41) is 7.46. The molecule has 0 atom stereocenters. The van der Waals surface area contributed by atoms with Crippen LogP contribution in [0.1, 0.15) is 18.5 Å². The van der Waals surface area contributed by atoms with E-state index in [0.717, 1.165) is 16.3 Å². The van der Waals surface area contributed by atoms with Crippen LogP contribution in [0.25, 0.3) is 10.6 Å². The van der Waals surface area contributed by atoms with Crippen LogP contribution >= 0.6 is 11.3 Å². The number of anilines is 1. The molecule has 0 bridgehead atoms. The highest BCUT2D eigenvalue weighted by molar-refractivity contribution is 7.19. The largest absolute Gasteiger partial charge is 0.302 e. The fraction of sp³-hybridized carbons (Fsp3) is 0.267. The van der Waals surface area contributed by atoms with Crippen LogP contribution < -0.4 is 5.32 Å². The Kier molecular flexibility index (Phi) is 4.72. The van der Waals surface area contributed by atoms with Crippen LogP contribution in [0.4, 0.5) is 5.13 Å². The monoisotopic (exact) mass is 328 g/mol. The lowest BCUT2D eigenvalue weighted by Gasteiger charge is -2.01. The highest BCUT2D eigenvalue weighted by Gasteiger charge is 2.12. The Hall–Kier alpha value is -2.61. The number of hydrogen-bond acceptors (Lipinski definition) is 6. The van der Waals surface area contributed by atoms with E-state index in [2.05, 4.69) is 25.4 Å². The van der Waals surface area contributed by atoms with Crippen molar-refractivity contribution in [3.8, 4) is 10.6 Å². The van der Waals surface area contributed by atoms with Gasteiger partial charge in [0.05, 0.1) is 16.3 Å². The van der Waals surface area contributed by atoms with Gasteiger partial charge in [-0.15, -0.1) is 0 Å². The van der Waals surface area contributed by atoms with Crippen molar-refractivity contribution < 1.29 is 4.79 Å². The maximum Gasteiger partial charge on any atom is 0.226 e. The first kappa shape index (κ1) is 15.3. The predicted molar refractivity (Wildman–Crippen MR) is 88.0 cm³/mol. The molecule has 0 radical (unpaired) electrons. The van der Waals surface area contributed by atoms with Gasteiger partial charge in [-0.05, 0) is 25.5 Å². The molecular formula is C15H16N6OS. The van der Waals surface area contributed by atoms with Crippen LogP contribution in [0.15, 0.2) is 37.1 Å². The van der Waals surface area contributed by atoms with Gasteiger partial charge in [-0.1, -0.05) is 17.4 Å². The SMILES string of the molecule is Cc1nc(NC(=O)CCCn2cncn2)sc1-c1ccccn1. The number of hydrogen-bond donors (Lipinski definition) is 1. The van der Waals surface area contributed by atoms with Crippen LogP contribution in [-0.2, 0) is 11.3 Å². The summed E-state index contributed by atoms with van der Waals surface area (Å²) >= 11 is 1.44. The first-order chi connectivity index (χ1) is 11.2. The zero-order valence-corrected chi connectivity index (χ0v) is 13.5. The van der Waals surface area contributed by atoms with Gasteiger partial charge in [-0.25, -0.2) is 9.97 Å². The van der Waals surface area contributed by atoms with Crippen molar-refractivity contribution in [3.05, 3.63) is 42.7 Å². The van der Waals surface area contributed by atoms with Gasteiger partial charge in [0.1, 0.15) is 12.7 Å². The van der Waals surface area contributed by atoms with Crippen LogP contribution in [0.5, 0.6) is 0 Å². The first-order valence-electron chi connectivity index (χ1n) is 7.23. The van der Waals surface area contributed by atoms with Gasteiger partial charge in [-0.3, -0.25) is 14.5 Å². The number of aryl methyl sites for hydroxylation is 2. The van der Waals surface area contributed by atoms with Crippen LogP contribution in [0, 0.1) is 6.92 Å². The van der Waals surface area contributed by atoms with E-state index in [9.17, 15) is 4.79 Å². The predicted octanol–water partition coefficient (Wildman–Crippen LogP) is 2.52. The lowest BCUT2D eigenvalue weighted by molar-refractivity contribution is -0.116. The summed E-state index contributed by atoms with van der Waals surface area (Å²) in [6.45, 7) is 2.59. The van der Waals surface area contributed by atoms with E-state index in [1.54, 1.807) is 17.2 Å². The molecule has 1 N–H and O–H groups in total. The summed E-state index contributed by atoms with van der Waals surface area (Å²) in [5.41, 5.74) is 1.74. The van der Waals surface area contributed by atoms with Crippen molar-refractivity contribution in [3.63, 3.8) is 0 Å². The summed E-state index contributed by atoms with van der Waals surface area (Å²) in [6, 6.07) is 5.74. The van der Waals surface area contributed by atoms with E-state index in [1.807, 2.05) is 25.1 Å². The zero-order chi connectivity index (χ0) is 16.1. The zero-order valence-electron chi connectivity index (χ0n) is 12.6. The lowest BCUT2D eigenvalue weighted by atomic mass is 10.3. The Labute approximate surface area is 137 Å². The minimum atomic E-state index is -0.0496. The molecule has 118 valence electrons. The van der Waals surface area contributed by atoms with Crippen molar-refractivity contribution in [1.29, 1.82) is 0 Å². The van der Waals surface area contributed by atoms with Crippen molar-refractivity contribution in [2.45, 2.75) is 26.3 Å². The third-order valence-corrected chi connectivity index (χ3v) is 4.29. The topological polar surface area (TPSA) is 85.6 Å². The molecule has 3 heterocycles. The maximum absolute atomic E-state index is 12.0. The minimum absolute atomic E-state index is 0.0496. The number of nitrogens with zero attached hydrogens (tertiary/aromatic N) is 5. The van der Waals surface area contributed by atoms with Gasteiger partial charge in [0.15, 0.2) is 5.13 Å². The summed E-state index contributed by atoms with van der Waals surface area (Å²) in [6.07, 6.45) is 5.99. The molecule has 1 amide bonds. The fourth-order valence-corrected chi connectivity index (χ4v) is 3.08. The number of pyridine rings is 1. The summed E-state index contributed by atoms with van der Waals surface area (Å²) < 4.78 is 1.71. The van der Waals surface area contributed by atoms with Gasteiger partial charge in [0.2, 0.25) is 5.91 Å². The van der Waals surface area contributed by atoms with E-state index in [-0.39, 0.29) is 5.91 Å². The molecule has 0 fully saturated rings. The smallest absolute Gasteiger partial charge is 0.226 e. The number of carbonyl (C=O) groups is 1. The van der Waals surface area contributed by atoms with E-state index in [1.165, 1.54) is 17.7 Å². The number of nitrogens with one attached hydrogen (secondary N) is 1. The van der Waals surface area contributed by atoms with Gasteiger partial charge in [-0.2, -0.15) is 5.10 Å². The van der Waals surface area contributed by atoms with E-state index >= 15 is 0 Å². The molecule has 0 saturated heterocycles. The molecule has 0 aliphatic rings. The molecular weight excluding hydrogens is 312 g/mol. The molecule has 3 rings (SSSR count). The standard InChI is InChI=1S/C15H16N6OS/c1-11-14(12-5-2-3-7-17-12)23-15(19-11)20-13(22)6-4-8-21-10-16-9-18-21/h2-3,5,7,9-10H,4,6,8H2,1H3,(H,19,20,22). The second-order valence-corrected chi connectivity index (χ2v) is 5.96. The Morgan fingerprint density at radius 3 is 3.04 bits per heavy atom. The average molecular weight is 328 g/mol. The fourth-order valence-electron chi connectivity index (χ4n) is 2.12. The molecule has 0 spiro atoms. The summed E-state index contributed by atoms with van der Waals surface area (Å²) in [5.74, 6) is -0.0496. The molecule has 0 aromatic carbocycles.